The van der Waals surface area contributed by atoms with Crippen molar-refractivity contribution in [3.8, 4) is 0 Å². The van der Waals surface area contributed by atoms with Crippen LogP contribution in [0.3, 0.4) is 0 Å². The molecule has 2 aromatic rings. The number of nitrogens with zero attached hydrogens (tertiary/aromatic N) is 1. The predicted molar refractivity (Wildman–Crippen MR) is 78.1 cm³/mol. The van der Waals surface area contributed by atoms with E-state index < -0.39 is 0 Å². The number of carbonyl (C=O) groups is 1. The maximum atomic E-state index is 12.1. The largest absolute Gasteiger partial charge is 0.384 e. The van der Waals surface area contributed by atoms with Gasteiger partial charge in [-0.15, -0.1) is 11.3 Å². The average molecular weight is 275 g/mol. The molecule has 0 bridgehead atoms. The predicted octanol–water partition coefficient (Wildman–Crippen LogP) is 3.00. The van der Waals surface area contributed by atoms with Crippen LogP contribution in [-0.4, -0.2) is 10.9 Å². The van der Waals surface area contributed by atoms with Gasteiger partial charge in [0.1, 0.15) is 5.82 Å². The number of rotatable bonds is 5. The Morgan fingerprint density at radius 1 is 1.47 bits per heavy atom. The van der Waals surface area contributed by atoms with Crippen LogP contribution in [0.25, 0.3) is 0 Å². The van der Waals surface area contributed by atoms with Gasteiger partial charge in [0.05, 0.1) is 11.6 Å². The maximum absolute atomic E-state index is 12.1. The molecule has 19 heavy (non-hydrogen) atoms. The third kappa shape index (κ3) is 3.54. The highest BCUT2D eigenvalue weighted by atomic mass is 32.1. The lowest BCUT2D eigenvalue weighted by Gasteiger charge is -2.16. The number of nitrogens with two attached hydrogens (primary N) is 1. The maximum Gasteiger partial charge on any atom is 0.253 e. The minimum Gasteiger partial charge on any atom is -0.384 e. The number of hydrogen-bond donors (Lipinski definition) is 2. The Morgan fingerprint density at radius 2 is 2.32 bits per heavy atom. The van der Waals surface area contributed by atoms with E-state index in [1.165, 1.54) is 11.1 Å². The van der Waals surface area contributed by atoms with Gasteiger partial charge in [0.15, 0.2) is 0 Å². The highest BCUT2D eigenvalue weighted by Gasteiger charge is 2.15. The number of hydrogen-bond acceptors (Lipinski definition) is 4. The molecule has 0 aliphatic rings. The van der Waals surface area contributed by atoms with Crippen LogP contribution in [0.2, 0.25) is 0 Å². The zero-order valence-corrected chi connectivity index (χ0v) is 11.6. The summed E-state index contributed by atoms with van der Waals surface area (Å²) in [6, 6.07) is 7.44. The van der Waals surface area contributed by atoms with Gasteiger partial charge in [0.25, 0.3) is 5.91 Å². The SMILES string of the molecule is CCCC(NC(=O)c1ccc(N)nc1)c1cccs1. The van der Waals surface area contributed by atoms with Gasteiger partial charge in [-0.3, -0.25) is 4.79 Å². The second-order valence-electron chi connectivity index (χ2n) is 4.30. The molecule has 2 heterocycles. The van der Waals surface area contributed by atoms with Crippen LogP contribution < -0.4 is 11.1 Å². The van der Waals surface area contributed by atoms with E-state index in [1.54, 1.807) is 23.5 Å². The number of carbonyl (C=O) groups excluding carboxylic acids is 1. The molecule has 0 aromatic carbocycles. The third-order valence-corrected chi connectivity index (χ3v) is 3.80. The summed E-state index contributed by atoms with van der Waals surface area (Å²) in [4.78, 5) is 17.3. The van der Waals surface area contributed by atoms with Crippen LogP contribution >= 0.6 is 11.3 Å². The van der Waals surface area contributed by atoms with Crippen LogP contribution in [-0.2, 0) is 0 Å². The third-order valence-electron chi connectivity index (χ3n) is 2.82. The topological polar surface area (TPSA) is 68.0 Å². The van der Waals surface area contributed by atoms with Crippen molar-refractivity contribution in [2.75, 3.05) is 5.73 Å². The number of thiophene rings is 1. The van der Waals surface area contributed by atoms with Gasteiger partial charge < -0.3 is 11.1 Å². The molecule has 0 radical (unpaired) electrons. The van der Waals surface area contributed by atoms with Crippen molar-refractivity contribution in [1.82, 2.24) is 10.3 Å². The quantitative estimate of drug-likeness (QED) is 0.881. The first kappa shape index (κ1) is 13.5. The van der Waals surface area contributed by atoms with Crippen molar-refractivity contribution in [1.29, 1.82) is 0 Å². The number of amides is 1. The molecule has 2 rings (SSSR count). The summed E-state index contributed by atoms with van der Waals surface area (Å²) in [6.45, 7) is 2.11. The van der Waals surface area contributed by atoms with E-state index >= 15 is 0 Å². The summed E-state index contributed by atoms with van der Waals surface area (Å²) in [5, 5.41) is 5.07. The van der Waals surface area contributed by atoms with Crippen LogP contribution in [0.1, 0.15) is 41.0 Å². The molecule has 4 nitrogen and oxygen atoms in total. The van der Waals surface area contributed by atoms with E-state index in [1.807, 2.05) is 17.5 Å². The number of nitrogens with one attached hydrogen (secondary N) is 1. The van der Waals surface area contributed by atoms with Gasteiger partial charge in [0.2, 0.25) is 0 Å². The molecule has 1 unspecified atom stereocenters. The number of anilines is 1. The van der Waals surface area contributed by atoms with Crippen molar-refractivity contribution in [3.63, 3.8) is 0 Å². The number of pyridine rings is 1. The second kappa shape index (κ2) is 6.33. The van der Waals surface area contributed by atoms with Crippen LogP contribution in [0.5, 0.6) is 0 Å². The molecule has 0 saturated heterocycles. The molecule has 3 N–H and O–H groups in total. The van der Waals surface area contributed by atoms with Crippen LogP contribution in [0, 0.1) is 0 Å². The number of nitrogen functional groups attached to an aromatic ring is 1. The lowest BCUT2D eigenvalue weighted by molar-refractivity contribution is 0.0935. The molecule has 2 aromatic heterocycles. The summed E-state index contributed by atoms with van der Waals surface area (Å²) in [6.07, 6.45) is 3.44. The summed E-state index contributed by atoms with van der Waals surface area (Å²) < 4.78 is 0. The lowest BCUT2D eigenvalue weighted by Crippen LogP contribution is -2.28. The van der Waals surface area contributed by atoms with Gasteiger partial charge in [-0.1, -0.05) is 19.4 Å². The van der Waals surface area contributed by atoms with E-state index in [2.05, 4.69) is 17.2 Å². The van der Waals surface area contributed by atoms with Crippen LogP contribution in [0.4, 0.5) is 5.82 Å². The minimum absolute atomic E-state index is 0.0649. The molecule has 0 aliphatic carbocycles. The highest BCUT2D eigenvalue weighted by molar-refractivity contribution is 7.10. The summed E-state index contributed by atoms with van der Waals surface area (Å²) in [5.74, 6) is 0.305. The molecule has 0 aliphatic heterocycles. The van der Waals surface area contributed by atoms with E-state index in [0.29, 0.717) is 11.4 Å². The summed E-state index contributed by atoms with van der Waals surface area (Å²) in [7, 11) is 0. The van der Waals surface area contributed by atoms with E-state index in [9.17, 15) is 4.79 Å². The summed E-state index contributed by atoms with van der Waals surface area (Å²) in [5.41, 5.74) is 6.05. The fourth-order valence-electron chi connectivity index (χ4n) is 1.84. The Morgan fingerprint density at radius 3 is 2.89 bits per heavy atom. The Hall–Kier alpha value is -1.88. The fraction of sp³-hybridized carbons (Fsp3) is 0.286. The van der Waals surface area contributed by atoms with Crippen molar-refractivity contribution in [2.45, 2.75) is 25.8 Å². The average Bonchev–Trinajstić information content (AvgIpc) is 2.92. The smallest absolute Gasteiger partial charge is 0.253 e. The monoisotopic (exact) mass is 275 g/mol. The first-order chi connectivity index (χ1) is 9.20. The van der Waals surface area contributed by atoms with Crippen molar-refractivity contribution in [3.05, 3.63) is 46.3 Å². The molecule has 0 spiro atoms. The normalized spacial score (nSPS) is 12.1. The molecule has 1 atom stereocenters. The van der Waals surface area contributed by atoms with Crippen molar-refractivity contribution < 1.29 is 4.79 Å². The molecule has 0 saturated carbocycles. The Kier molecular flexibility index (Phi) is 4.52. The zero-order valence-electron chi connectivity index (χ0n) is 10.8. The first-order valence-electron chi connectivity index (χ1n) is 6.26. The summed E-state index contributed by atoms with van der Waals surface area (Å²) >= 11 is 1.66. The van der Waals surface area contributed by atoms with Gasteiger partial charge in [-0.2, -0.15) is 0 Å². The number of aromatic nitrogens is 1. The highest BCUT2D eigenvalue weighted by Crippen LogP contribution is 2.23. The standard InChI is InChI=1S/C14H17N3OS/c1-2-4-11(12-5-3-8-19-12)17-14(18)10-6-7-13(15)16-9-10/h3,5-9,11H,2,4H2,1H3,(H2,15,16)(H,17,18). The molecule has 1 amide bonds. The Balaban J connectivity index is 2.09. The minimum atomic E-state index is -0.112. The Labute approximate surface area is 116 Å². The lowest BCUT2D eigenvalue weighted by atomic mass is 10.1. The van der Waals surface area contributed by atoms with Gasteiger partial charge >= 0.3 is 0 Å². The molecular formula is C14H17N3OS. The van der Waals surface area contributed by atoms with E-state index in [-0.39, 0.29) is 11.9 Å². The molecular weight excluding hydrogens is 258 g/mol. The van der Waals surface area contributed by atoms with Gasteiger partial charge in [-0.05, 0) is 30.0 Å². The Bertz CT molecular complexity index is 522. The van der Waals surface area contributed by atoms with Gasteiger partial charge in [-0.25, -0.2) is 4.98 Å². The van der Waals surface area contributed by atoms with Crippen molar-refractivity contribution >= 4 is 23.1 Å². The molecule has 100 valence electrons. The van der Waals surface area contributed by atoms with Crippen LogP contribution in [0.15, 0.2) is 35.8 Å². The first-order valence-corrected chi connectivity index (χ1v) is 7.14. The van der Waals surface area contributed by atoms with E-state index in [0.717, 1.165) is 12.8 Å². The second-order valence-corrected chi connectivity index (χ2v) is 5.28. The molecule has 0 fully saturated rings. The fourth-order valence-corrected chi connectivity index (χ4v) is 2.66. The van der Waals surface area contributed by atoms with Crippen molar-refractivity contribution in [2.24, 2.45) is 0 Å². The van der Waals surface area contributed by atoms with Gasteiger partial charge in [0, 0.05) is 11.1 Å². The van der Waals surface area contributed by atoms with E-state index in [4.69, 9.17) is 5.73 Å². The molecule has 5 heteroatoms. The zero-order chi connectivity index (χ0) is 13.7.